The summed E-state index contributed by atoms with van der Waals surface area (Å²) in [6.07, 6.45) is 0.642. The van der Waals surface area contributed by atoms with E-state index >= 15 is 0 Å². The van der Waals surface area contributed by atoms with E-state index in [2.05, 4.69) is 5.32 Å². The number of rotatable bonds is 4. The van der Waals surface area contributed by atoms with Crippen LogP contribution in [0.5, 0.6) is 0 Å². The van der Waals surface area contributed by atoms with Crippen molar-refractivity contribution in [3.63, 3.8) is 0 Å². The average Bonchev–Trinajstić information content (AvgIpc) is 2.95. The van der Waals surface area contributed by atoms with Crippen LogP contribution < -0.4 is 14.5 Å². The lowest BCUT2D eigenvalue weighted by Crippen LogP contribution is -2.25. The molecule has 0 atom stereocenters. The van der Waals surface area contributed by atoms with Crippen molar-refractivity contribution in [3.05, 3.63) is 54.1 Å². The third-order valence-corrected chi connectivity index (χ3v) is 6.01. The zero-order valence-corrected chi connectivity index (χ0v) is 15.1. The van der Waals surface area contributed by atoms with Gasteiger partial charge in [-0.15, -0.1) is 0 Å². The molecule has 2 aromatic carbocycles. The molecule has 7 heteroatoms. The number of carbonyl (C=O) groups is 1. The van der Waals surface area contributed by atoms with Crippen molar-refractivity contribution in [3.8, 4) is 0 Å². The van der Waals surface area contributed by atoms with Gasteiger partial charge in [0.2, 0.25) is 10.0 Å². The standard InChI is InChI=1S/C18H21N3O3S/c1-20(2)17-6-3-5-14(13-17)18(22)19-15-7-9-16(10-8-15)21-11-4-12-25(21,23)24/h3,5-10,13H,4,11-12H2,1-2H3,(H,19,22). The summed E-state index contributed by atoms with van der Waals surface area (Å²) in [5.41, 5.74) is 2.77. The molecule has 0 spiro atoms. The Hall–Kier alpha value is -2.54. The number of nitrogens with one attached hydrogen (secondary N) is 1. The van der Waals surface area contributed by atoms with Gasteiger partial charge in [0.1, 0.15) is 0 Å². The van der Waals surface area contributed by atoms with Gasteiger partial charge in [-0.25, -0.2) is 8.42 Å². The van der Waals surface area contributed by atoms with E-state index < -0.39 is 10.0 Å². The fraction of sp³-hybridized carbons (Fsp3) is 0.278. The summed E-state index contributed by atoms with van der Waals surface area (Å²) >= 11 is 0. The van der Waals surface area contributed by atoms with Crippen LogP contribution in [0.15, 0.2) is 48.5 Å². The Bertz CT molecular complexity index is 877. The van der Waals surface area contributed by atoms with Crippen molar-refractivity contribution in [2.75, 3.05) is 40.9 Å². The third kappa shape index (κ3) is 3.76. The largest absolute Gasteiger partial charge is 0.378 e. The molecule has 6 nitrogen and oxygen atoms in total. The quantitative estimate of drug-likeness (QED) is 0.911. The molecule has 1 aliphatic heterocycles. The Morgan fingerprint density at radius 2 is 1.84 bits per heavy atom. The summed E-state index contributed by atoms with van der Waals surface area (Å²) in [6.45, 7) is 0.505. The highest BCUT2D eigenvalue weighted by molar-refractivity contribution is 7.93. The van der Waals surface area contributed by atoms with Crippen LogP contribution in [0.25, 0.3) is 0 Å². The zero-order chi connectivity index (χ0) is 18.0. The highest BCUT2D eigenvalue weighted by Crippen LogP contribution is 2.25. The minimum Gasteiger partial charge on any atom is -0.378 e. The van der Waals surface area contributed by atoms with Crippen molar-refractivity contribution in [2.24, 2.45) is 0 Å². The molecule has 0 aromatic heterocycles. The van der Waals surface area contributed by atoms with E-state index in [-0.39, 0.29) is 11.7 Å². The van der Waals surface area contributed by atoms with Crippen LogP contribution in [-0.4, -0.2) is 40.7 Å². The molecule has 3 rings (SSSR count). The molecule has 1 fully saturated rings. The SMILES string of the molecule is CN(C)c1cccc(C(=O)Nc2ccc(N3CCCS3(=O)=O)cc2)c1. The molecule has 2 aromatic rings. The molecule has 0 aliphatic carbocycles. The molecular weight excluding hydrogens is 338 g/mol. The van der Waals surface area contributed by atoms with E-state index in [1.807, 2.05) is 37.2 Å². The van der Waals surface area contributed by atoms with Gasteiger partial charge in [-0.1, -0.05) is 6.07 Å². The van der Waals surface area contributed by atoms with E-state index in [0.29, 0.717) is 29.9 Å². The maximum Gasteiger partial charge on any atom is 0.255 e. The van der Waals surface area contributed by atoms with Crippen LogP contribution in [0.1, 0.15) is 16.8 Å². The smallest absolute Gasteiger partial charge is 0.255 e. The van der Waals surface area contributed by atoms with Gasteiger partial charge in [0, 0.05) is 37.6 Å². The van der Waals surface area contributed by atoms with Crippen molar-refractivity contribution in [2.45, 2.75) is 6.42 Å². The Morgan fingerprint density at radius 1 is 1.12 bits per heavy atom. The molecule has 0 bridgehead atoms. The fourth-order valence-corrected chi connectivity index (χ4v) is 4.33. The maximum absolute atomic E-state index is 12.4. The number of hydrogen-bond acceptors (Lipinski definition) is 4. The van der Waals surface area contributed by atoms with Gasteiger partial charge in [-0.2, -0.15) is 0 Å². The minimum absolute atomic E-state index is 0.188. The second-order valence-electron chi connectivity index (χ2n) is 6.19. The molecule has 1 heterocycles. The van der Waals surface area contributed by atoms with Crippen LogP contribution >= 0.6 is 0 Å². The second-order valence-corrected chi connectivity index (χ2v) is 8.20. The van der Waals surface area contributed by atoms with E-state index in [0.717, 1.165) is 5.69 Å². The first-order valence-electron chi connectivity index (χ1n) is 8.06. The van der Waals surface area contributed by atoms with Gasteiger partial charge in [0.05, 0.1) is 11.4 Å². The summed E-state index contributed by atoms with van der Waals surface area (Å²) < 4.78 is 25.3. The summed E-state index contributed by atoms with van der Waals surface area (Å²) in [4.78, 5) is 14.3. The van der Waals surface area contributed by atoms with Crippen LogP contribution in [0.3, 0.4) is 0 Å². The topological polar surface area (TPSA) is 69.7 Å². The molecule has 1 amide bonds. The fourth-order valence-electron chi connectivity index (χ4n) is 2.77. The predicted octanol–water partition coefficient (Wildman–Crippen LogP) is 2.54. The van der Waals surface area contributed by atoms with E-state index in [1.54, 1.807) is 30.3 Å². The number of amides is 1. The minimum atomic E-state index is -3.19. The Kier molecular flexibility index (Phi) is 4.67. The first kappa shape index (κ1) is 17.3. The van der Waals surface area contributed by atoms with Gasteiger partial charge < -0.3 is 10.2 Å². The molecule has 0 unspecified atom stereocenters. The lowest BCUT2D eigenvalue weighted by atomic mass is 10.1. The van der Waals surface area contributed by atoms with Gasteiger partial charge in [0.25, 0.3) is 5.91 Å². The number of hydrogen-bond donors (Lipinski definition) is 1. The van der Waals surface area contributed by atoms with Crippen molar-refractivity contribution >= 4 is 33.0 Å². The maximum atomic E-state index is 12.4. The lowest BCUT2D eigenvalue weighted by Gasteiger charge is -2.17. The number of sulfonamides is 1. The van der Waals surface area contributed by atoms with Crippen LogP contribution in [0.4, 0.5) is 17.1 Å². The molecule has 25 heavy (non-hydrogen) atoms. The van der Waals surface area contributed by atoms with Crippen LogP contribution in [0, 0.1) is 0 Å². The van der Waals surface area contributed by atoms with Crippen molar-refractivity contribution in [1.82, 2.24) is 0 Å². The first-order valence-corrected chi connectivity index (χ1v) is 9.67. The van der Waals surface area contributed by atoms with Gasteiger partial charge in [-0.3, -0.25) is 9.10 Å². The third-order valence-electron chi connectivity index (χ3n) is 4.14. The number of anilines is 3. The Balaban J connectivity index is 1.73. The summed E-state index contributed by atoms with van der Waals surface area (Å²) in [7, 11) is 0.647. The van der Waals surface area contributed by atoms with Crippen molar-refractivity contribution < 1.29 is 13.2 Å². The molecular formula is C18H21N3O3S. The molecule has 0 saturated carbocycles. The van der Waals surface area contributed by atoms with Crippen LogP contribution in [0.2, 0.25) is 0 Å². The summed E-state index contributed by atoms with van der Waals surface area (Å²) in [5, 5.41) is 2.84. The average molecular weight is 359 g/mol. The Morgan fingerprint density at radius 3 is 2.44 bits per heavy atom. The normalized spacial score (nSPS) is 15.8. The second kappa shape index (κ2) is 6.76. The number of benzene rings is 2. The molecule has 1 saturated heterocycles. The highest BCUT2D eigenvalue weighted by Gasteiger charge is 2.28. The lowest BCUT2D eigenvalue weighted by molar-refractivity contribution is 0.102. The van der Waals surface area contributed by atoms with Crippen LogP contribution in [-0.2, 0) is 10.0 Å². The monoisotopic (exact) mass is 359 g/mol. The van der Waals surface area contributed by atoms with Gasteiger partial charge >= 0.3 is 0 Å². The molecule has 1 aliphatic rings. The van der Waals surface area contributed by atoms with E-state index in [4.69, 9.17) is 0 Å². The summed E-state index contributed by atoms with van der Waals surface area (Å²) in [5.74, 6) is -0.0153. The zero-order valence-electron chi connectivity index (χ0n) is 14.3. The van der Waals surface area contributed by atoms with E-state index in [9.17, 15) is 13.2 Å². The molecule has 0 radical (unpaired) electrons. The number of nitrogens with zero attached hydrogens (tertiary/aromatic N) is 2. The predicted molar refractivity (Wildman–Crippen MR) is 101 cm³/mol. The number of carbonyl (C=O) groups excluding carboxylic acids is 1. The molecule has 132 valence electrons. The summed E-state index contributed by atoms with van der Waals surface area (Å²) in [6, 6.07) is 14.2. The first-order chi connectivity index (χ1) is 11.9. The van der Waals surface area contributed by atoms with E-state index in [1.165, 1.54) is 4.31 Å². The van der Waals surface area contributed by atoms with Gasteiger partial charge in [0.15, 0.2) is 0 Å². The highest BCUT2D eigenvalue weighted by atomic mass is 32.2. The van der Waals surface area contributed by atoms with Crippen molar-refractivity contribution in [1.29, 1.82) is 0 Å². The van der Waals surface area contributed by atoms with Gasteiger partial charge in [-0.05, 0) is 48.9 Å². The molecule has 1 N–H and O–H groups in total. The Labute approximate surface area is 148 Å².